The molecule has 5 nitrogen and oxygen atoms in total. The average molecular weight is 393 g/mol. The van der Waals surface area contributed by atoms with E-state index in [-0.39, 0.29) is 17.2 Å². The van der Waals surface area contributed by atoms with Crippen molar-refractivity contribution in [2.75, 3.05) is 29.9 Å². The van der Waals surface area contributed by atoms with E-state index in [9.17, 15) is 9.59 Å². The van der Waals surface area contributed by atoms with Crippen LogP contribution in [0.2, 0.25) is 10.0 Å². The number of hydrogen-bond acceptors (Lipinski definition) is 4. The maximum Gasteiger partial charge on any atom is 0.338 e. The Bertz CT molecular complexity index is 803. The SMILES string of the molecule is O=C(COC(=O)c1ccc(Cl)c(Cl)c1)Nc1ccc(N2CCCC2)cc1. The maximum absolute atomic E-state index is 12.0. The van der Waals surface area contributed by atoms with E-state index in [0.717, 1.165) is 18.8 Å². The minimum Gasteiger partial charge on any atom is -0.452 e. The van der Waals surface area contributed by atoms with Crippen LogP contribution in [0.15, 0.2) is 42.5 Å². The fraction of sp³-hybridized carbons (Fsp3) is 0.263. The van der Waals surface area contributed by atoms with Gasteiger partial charge in [-0.05, 0) is 55.3 Å². The highest BCUT2D eigenvalue weighted by molar-refractivity contribution is 6.42. The smallest absolute Gasteiger partial charge is 0.338 e. The Hall–Kier alpha value is -2.24. The lowest BCUT2D eigenvalue weighted by atomic mass is 10.2. The van der Waals surface area contributed by atoms with E-state index in [2.05, 4.69) is 10.2 Å². The molecule has 1 N–H and O–H groups in total. The lowest BCUT2D eigenvalue weighted by Crippen LogP contribution is -2.21. The summed E-state index contributed by atoms with van der Waals surface area (Å²) in [4.78, 5) is 26.2. The molecule has 136 valence electrons. The number of esters is 1. The Morgan fingerprint density at radius 2 is 1.69 bits per heavy atom. The first-order valence-corrected chi connectivity index (χ1v) is 9.05. The molecule has 0 aromatic heterocycles. The van der Waals surface area contributed by atoms with Crippen LogP contribution in [0, 0.1) is 0 Å². The Kier molecular flexibility index (Phi) is 6.01. The molecule has 0 radical (unpaired) electrons. The third-order valence-electron chi connectivity index (χ3n) is 4.11. The van der Waals surface area contributed by atoms with Gasteiger partial charge in [-0.1, -0.05) is 23.2 Å². The summed E-state index contributed by atoms with van der Waals surface area (Å²) >= 11 is 11.7. The number of carbonyl (C=O) groups excluding carboxylic acids is 2. The quantitative estimate of drug-likeness (QED) is 0.766. The van der Waals surface area contributed by atoms with Crippen LogP contribution in [0.1, 0.15) is 23.2 Å². The second kappa shape index (κ2) is 8.43. The van der Waals surface area contributed by atoms with Gasteiger partial charge in [-0.25, -0.2) is 4.79 Å². The van der Waals surface area contributed by atoms with Crippen molar-refractivity contribution >= 4 is 46.5 Å². The summed E-state index contributed by atoms with van der Waals surface area (Å²) in [5, 5.41) is 3.30. The summed E-state index contributed by atoms with van der Waals surface area (Å²) in [5.41, 5.74) is 2.04. The zero-order valence-electron chi connectivity index (χ0n) is 14.0. The minimum atomic E-state index is -0.636. The highest BCUT2D eigenvalue weighted by Gasteiger charge is 2.14. The summed E-state index contributed by atoms with van der Waals surface area (Å²) in [7, 11) is 0. The van der Waals surface area contributed by atoms with Crippen molar-refractivity contribution in [2.45, 2.75) is 12.8 Å². The second-order valence-electron chi connectivity index (χ2n) is 5.99. The third kappa shape index (κ3) is 4.68. The highest BCUT2D eigenvalue weighted by atomic mass is 35.5. The van der Waals surface area contributed by atoms with E-state index in [1.54, 1.807) is 0 Å². The molecule has 0 saturated carbocycles. The Morgan fingerprint density at radius 1 is 1.00 bits per heavy atom. The summed E-state index contributed by atoms with van der Waals surface area (Å²) in [6.45, 7) is 1.75. The molecule has 0 atom stereocenters. The molecular weight excluding hydrogens is 375 g/mol. The molecule has 1 heterocycles. The number of halogens is 2. The molecule has 1 saturated heterocycles. The average Bonchev–Trinajstić information content (AvgIpc) is 3.17. The monoisotopic (exact) mass is 392 g/mol. The zero-order valence-corrected chi connectivity index (χ0v) is 15.5. The lowest BCUT2D eigenvalue weighted by molar-refractivity contribution is -0.119. The summed E-state index contributed by atoms with van der Waals surface area (Å²) in [6, 6.07) is 12.0. The van der Waals surface area contributed by atoms with E-state index in [0.29, 0.717) is 10.7 Å². The molecule has 7 heteroatoms. The van der Waals surface area contributed by atoms with Gasteiger partial charge in [0.1, 0.15) is 0 Å². The molecule has 0 bridgehead atoms. The van der Waals surface area contributed by atoms with Gasteiger partial charge in [0.2, 0.25) is 0 Å². The number of nitrogens with zero attached hydrogens (tertiary/aromatic N) is 1. The van der Waals surface area contributed by atoms with Crippen molar-refractivity contribution in [1.29, 1.82) is 0 Å². The molecule has 2 aromatic carbocycles. The van der Waals surface area contributed by atoms with Gasteiger partial charge in [-0.15, -0.1) is 0 Å². The van der Waals surface area contributed by atoms with Crippen LogP contribution in [0.3, 0.4) is 0 Å². The fourth-order valence-electron chi connectivity index (χ4n) is 2.77. The minimum absolute atomic E-state index is 0.238. The lowest BCUT2D eigenvalue weighted by Gasteiger charge is -2.17. The van der Waals surface area contributed by atoms with Crippen molar-refractivity contribution in [3.8, 4) is 0 Å². The number of carbonyl (C=O) groups is 2. The summed E-state index contributed by atoms with van der Waals surface area (Å²) < 4.78 is 5.00. The van der Waals surface area contributed by atoms with Crippen LogP contribution in [-0.2, 0) is 9.53 Å². The molecule has 3 rings (SSSR count). The van der Waals surface area contributed by atoms with Crippen LogP contribution in [-0.4, -0.2) is 31.6 Å². The van der Waals surface area contributed by atoms with Crippen LogP contribution in [0.4, 0.5) is 11.4 Å². The van der Waals surface area contributed by atoms with Crippen molar-refractivity contribution < 1.29 is 14.3 Å². The van der Waals surface area contributed by atoms with Gasteiger partial charge in [-0.2, -0.15) is 0 Å². The number of ether oxygens (including phenoxy) is 1. The highest BCUT2D eigenvalue weighted by Crippen LogP contribution is 2.23. The number of anilines is 2. The summed E-state index contributed by atoms with van der Waals surface area (Å²) in [6.07, 6.45) is 2.42. The van der Waals surface area contributed by atoms with E-state index in [1.807, 2.05) is 24.3 Å². The van der Waals surface area contributed by atoms with Gasteiger partial charge in [0.25, 0.3) is 5.91 Å². The van der Waals surface area contributed by atoms with Crippen molar-refractivity contribution in [3.05, 3.63) is 58.1 Å². The number of rotatable bonds is 5. The second-order valence-corrected chi connectivity index (χ2v) is 6.81. The molecule has 0 unspecified atom stereocenters. The van der Waals surface area contributed by atoms with Crippen LogP contribution < -0.4 is 10.2 Å². The maximum atomic E-state index is 12.0. The van der Waals surface area contributed by atoms with Gasteiger partial charge in [0.05, 0.1) is 15.6 Å². The van der Waals surface area contributed by atoms with E-state index >= 15 is 0 Å². The molecule has 0 spiro atoms. The molecule has 1 amide bonds. The molecule has 0 aliphatic carbocycles. The predicted molar refractivity (Wildman–Crippen MR) is 103 cm³/mol. The Morgan fingerprint density at radius 3 is 2.35 bits per heavy atom. The fourth-order valence-corrected chi connectivity index (χ4v) is 3.06. The van der Waals surface area contributed by atoms with Crippen LogP contribution in [0.5, 0.6) is 0 Å². The molecule has 1 aliphatic rings. The summed E-state index contributed by atoms with van der Waals surface area (Å²) in [5.74, 6) is -1.05. The van der Waals surface area contributed by atoms with E-state index < -0.39 is 11.9 Å². The number of amides is 1. The number of benzene rings is 2. The topological polar surface area (TPSA) is 58.6 Å². The van der Waals surface area contributed by atoms with Crippen LogP contribution in [0.25, 0.3) is 0 Å². The molecule has 26 heavy (non-hydrogen) atoms. The van der Waals surface area contributed by atoms with Crippen LogP contribution >= 0.6 is 23.2 Å². The van der Waals surface area contributed by atoms with Gasteiger partial charge >= 0.3 is 5.97 Å². The van der Waals surface area contributed by atoms with Gasteiger partial charge in [0.15, 0.2) is 6.61 Å². The van der Waals surface area contributed by atoms with E-state index in [4.69, 9.17) is 27.9 Å². The molecular formula is C19H18Cl2N2O3. The molecule has 1 fully saturated rings. The normalized spacial score (nSPS) is 13.5. The Balaban J connectivity index is 1.50. The standard InChI is InChI=1S/C19H18Cl2N2O3/c20-16-8-3-13(11-17(16)21)19(25)26-12-18(24)22-14-4-6-15(7-5-14)23-9-1-2-10-23/h3-8,11H,1-2,9-10,12H2,(H,22,24). The van der Waals surface area contributed by atoms with Gasteiger partial charge in [-0.3, -0.25) is 4.79 Å². The number of nitrogens with one attached hydrogen (secondary N) is 1. The Labute approximate surface area is 161 Å². The third-order valence-corrected chi connectivity index (χ3v) is 4.85. The van der Waals surface area contributed by atoms with Crippen molar-refractivity contribution in [3.63, 3.8) is 0 Å². The molecule has 1 aliphatic heterocycles. The first-order valence-electron chi connectivity index (χ1n) is 8.30. The largest absolute Gasteiger partial charge is 0.452 e. The molecule has 2 aromatic rings. The zero-order chi connectivity index (χ0) is 18.5. The number of hydrogen-bond donors (Lipinski definition) is 1. The first kappa shape index (κ1) is 18.5. The van der Waals surface area contributed by atoms with Gasteiger partial charge in [0, 0.05) is 24.5 Å². The first-order chi connectivity index (χ1) is 12.5. The predicted octanol–water partition coefficient (Wildman–Crippen LogP) is 4.39. The van der Waals surface area contributed by atoms with Crippen molar-refractivity contribution in [1.82, 2.24) is 0 Å². The van der Waals surface area contributed by atoms with Crippen molar-refractivity contribution in [2.24, 2.45) is 0 Å². The van der Waals surface area contributed by atoms with Gasteiger partial charge < -0.3 is 15.0 Å². The van der Waals surface area contributed by atoms with E-state index in [1.165, 1.54) is 31.0 Å².